The third kappa shape index (κ3) is 5.79. The molecule has 0 bridgehead atoms. The smallest absolute Gasteiger partial charge is 0.369 e. The van der Waals surface area contributed by atoms with E-state index in [1.54, 1.807) is 12.3 Å². The van der Waals surface area contributed by atoms with Crippen LogP contribution in [-0.2, 0) is 23.1 Å². The number of halogens is 8. The van der Waals surface area contributed by atoms with E-state index in [0.717, 1.165) is 22.6 Å². The van der Waals surface area contributed by atoms with Crippen molar-refractivity contribution in [3.63, 3.8) is 0 Å². The number of amides is 2. The number of rotatable bonds is 4. The van der Waals surface area contributed by atoms with E-state index in [-0.39, 0.29) is 35.8 Å². The van der Waals surface area contributed by atoms with Gasteiger partial charge in [-0.15, -0.1) is 24.8 Å². The normalized spacial score (nSPS) is 23.8. The van der Waals surface area contributed by atoms with Crippen LogP contribution in [0.25, 0.3) is 0 Å². The molecule has 0 saturated carbocycles. The molecule has 1 spiro atoms. The first-order chi connectivity index (χ1) is 19.9. The fourth-order valence-electron chi connectivity index (χ4n) is 6.55. The standard InChI is InChI=1S/C29H25F6N5O2.2ClH/c1-14-17(23-19(30)4-5-20(31)24(23)32)8-21(27(42)40(14)13-29(33,34)35)39-26(41)16-7-15-9-28(10-22(15)37-11-16)12-38-25-18(28)3-2-6-36-25;;/h2-7,11,14,17,21H,8-10,12-13H2,1H3,(H,36,38)(H,39,41);2*1H/t14-,17-,21+,28-;;/m1../s1. The van der Waals surface area contributed by atoms with Crippen LogP contribution < -0.4 is 10.6 Å². The summed E-state index contributed by atoms with van der Waals surface area (Å²) in [6.07, 6.45) is -1.06. The van der Waals surface area contributed by atoms with Crippen LogP contribution in [0.1, 0.15) is 52.0 Å². The van der Waals surface area contributed by atoms with Crippen molar-refractivity contribution in [2.75, 3.05) is 18.4 Å². The fourth-order valence-corrected chi connectivity index (χ4v) is 6.55. The van der Waals surface area contributed by atoms with Gasteiger partial charge in [-0.2, -0.15) is 13.2 Å². The lowest BCUT2D eigenvalue weighted by Crippen LogP contribution is -2.60. The number of carbonyl (C=O) groups excluding carboxylic acids is 2. The Morgan fingerprint density at radius 2 is 1.84 bits per heavy atom. The van der Waals surface area contributed by atoms with E-state index in [1.807, 2.05) is 12.1 Å². The lowest BCUT2D eigenvalue weighted by molar-refractivity contribution is -0.170. The first-order valence-electron chi connectivity index (χ1n) is 13.4. The molecule has 1 fully saturated rings. The maximum atomic E-state index is 14.7. The van der Waals surface area contributed by atoms with E-state index in [0.29, 0.717) is 36.4 Å². The number of likely N-dealkylation sites (tertiary alicyclic amines) is 1. The summed E-state index contributed by atoms with van der Waals surface area (Å²) in [5, 5.41) is 5.74. The number of nitrogens with zero attached hydrogens (tertiary/aromatic N) is 3. The maximum Gasteiger partial charge on any atom is 0.406 e. The summed E-state index contributed by atoms with van der Waals surface area (Å²) in [4.78, 5) is 35.7. The van der Waals surface area contributed by atoms with Gasteiger partial charge in [0.05, 0.1) is 5.56 Å². The van der Waals surface area contributed by atoms with E-state index in [2.05, 4.69) is 20.6 Å². The molecule has 3 aliphatic rings. The van der Waals surface area contributed by atoms with Gasteiger partial charge in [0.1, 0.15) is 24.2 Å². The van der Waals surface area contributed by atoms with Crippen molar-refractivity contribution >= 4 is 42.4 Å². The number of carbonyl (C=O) groups is 2. The number of nitrogens with one attached hydrogen (secondary N) is 2. The molecular weight excluding hydrogens is 635 g/mol. The van der Waals surface area contributed by atoms with Crippen molar-refractivity contribution in [3.8, 4) is 0 Å². The van der Waals surface area contributed by atoms with E-state index in [1.165, 1.54) is 13.1 Å². The number of hydrogen-bond donors (Lipinski definition) is 2. The minimum absolute atomic E-state index is 0. The summed E-state index contributed by atoms with van der Waals surface area (Å²) in [5.74, 6) is -6.51. The molecule has 1 saturated heterocycles. The van der Waals surface area contributed by atoms with Gasteiger partial charge in [0, 0.05) is 59.6 Å². The monoisotopic (exact) mass is 661 g/mol. The molecule has 6 rings (SSSR count). The molecule has 0 unspecified atom stereocenters. The number of hydrogen-bond acceptors (Lipinski definition) is 5. The zero-order valence-electron chi connectivity index (χ0n) is 23.1. The minimum Gasteiger partial charge on any atom is -0.369 e. The Kier molecular flexibility index (Phi) is 9.14. The van der Waals surface area contributed by atoms with E-state index >= 15 is 0 Å². The molecule has 1 aromatic carbocycles. The van der Waals surface area contributed by atoms with Gasteiger partial charge in [-0.3, -0.25) is 14.6 Å². The summed E-state index contributed by atoms with van der Waals surface area (Å²) >= 11 is 0. The van der Waals surface area contributed by atoms with Gasteiger partial charge < -0.3 is 15.5 Å². The van der Waals surface area contributed by atoms with Crippen molar-refractivity contribution in [2.45, 2.75) is 55.8 Å². The molecule has 7 nitrogen and oxygen atoms in total. The molecule has 2 amide bonds. The second kappa shape index (κ2) is 12.1. The van der Waals surface area contributed by atoms with Crippen LogP contribution in [0, 0.1) is 17.5 Å². The van der Waals surface area contributed by atoms with Crippen LogP contribution in [-0.4, -0.2) is 58.0 Å². The van der Waals surface area contributed by atoms with Gasteiger partial charge >= 0.3 is 6.18 Å². The van der Waals surface area contributed by atoms with E-state index in [9.17, 15) is 35.9 Å². The van der Waals surface area contributed by atoms with E-state index in [4.69, 9.17) is 0 Å². The summed E-state index contributed by atoms with van der Waals surface area (Å²) in [6.45, 7) is 0.138. The van der Waals surface area contributed by atoms with Crippen LogP contribution in [0.15, 0.2) is 42.7 Å². The number of aromatic nitrogens is 2. The zero-order valence-corrected chi connectivity index (χ0v) is 24.7. The molecule has 0 radical (unpaired) electrons. The second-order valence-electron chi connectivity index (χ2n) is 11.2. The predicted molar refractivity (Wildman–Crippen MR) is 153 cm³/mol. The van der Waals surface area contributed by atoms with Gasteiger partial charge in [0.2, 0.25) is 5.91 Å². The maximum absolute atomic E-state index is 14.7. The predicted octanol–water partition coefficient (Wildman–Crippen LogP) is 5.26. The summed E-state index contributed by atoms with van der Waals surface area (Å²) in [7, 11) is 0. The van der Waals surface area contributed by atoms with Gasteiger partial charge in [-0.1, -0.05) is 6.07 Å². The highest BCUT2D eigenvalue weighted by atomic mass is 35.5. The number of fused-ring (bicyclic) bond motifs is 3. The number of pyridine rings is 2. The Bertz CT molecular complexity index is 1610. The summed E-state index contributed by atoms with van der Waals surface area (Å²) in [5.41, 5.74) is 1.67. The lowest BCUT2D eigenvalue weighted by Gasteiger charge is -2.43. The van der Waals surface area contributed by atoms with Gasteiger partial charge in [-0.25, -0.2) is 18.2 Å². The molecule has 236 valence electrons. The average molecular weight is 662 g/mol. The highest BCUT2D eigenvalue weighted by Crippen LogP contribution is 2.45. The van der Waals surface area contributed by atoms with Gasteiger partial charge in [0.25, 0.3) is 5.91 Å². The summed E-state index contributed by atoms with van der Waals surface area (Å²) < 4.78 is 83.8. The third-order valence-corrected chi connectivity index (χ3v) is 8.58. The number of piperidine rings is 1. The molecule has 1 aliphatic carbocycles. The molecule has 4 heterocycles. The Morgan fingerprint density at radius 1 is 1.11 bits per heavy atom. The molecule has 44 heavy (non-hydrogen) atoms. The largest absolute Gasteiger partial charge is 0.406 e. The molecule has 3 aromatic rings. The van der Waals surface area contributed by atoms with Gasteiger partial charge in [0.15, 0.2) is 11.6 Å². The number of benzene rings is 1. The van der Waals surface area contributed by atoms with Crippen molar-refractivity contribution in [3.05, 3.63) is 88.1 Å². The highest BCUT2D eigenvalue weighted by molar-refractivity contribution is 5.98. The first-order valence-corrected chi connectivity index (χ1v) is 13.4. The molecule has 2 aromatic heterocycles. The van der Waals surface area contributed by atoms with Crippen LogP contribution in [0.5, 0.6) is 0 Å². The van der Waals surface area contributed by atoms with E-state index < -0.39 is 72.0 Å². The average Bonchev–Trinajstić information content (AvgIpc) is 3.50. The first kappa shape index (κ1) is 33.3. The Morgan fingerprint density at radius 3 is 2.57 bits per heavy atom. The molecule has 4 atom stereocenters. The quantitative estimate of drug-likeness (QED) is 0.294. The Labute approximate surface area is 260 Å². The highest BCUT2D eigenvalue weighted by Gasteiger charge is 2.48. The molecule has 15 heteroatoms. The fraction of sp³-hybridized carbons (Fsp3) is 0.379. The van der Waals surface area contributed by atoms with Crippen molar-refractivity contribution in [1.82, 2.24) is 20.2 Å². The van der Waals surface area contributed by atoms with Crippen molar-refractivity contribution < 1.29 is 35.9 Å². The van der Waals surface area contributed by atoms with Crippen LogP contribution in [0.4, 0.5) is 32.2 Å². The Balaban J connectivity index is 0.00000221. The molecule has 2 aliphatic heterocycles. The third-order valence-electron chi connectivity index (χ3n) is 8.58. The second-order valence-corrected chi connectivity index (χ2v) is 11.2. The molecule has 2 N–H and O–H groups in total. The van der Waals surface area contributed by atoms with Crippen molar-refractivity contribution in [2.24, 2.45) is 0 Å². The van der Waals surface area contributed by atoms with Gasteiger partial charge in [-0.05, 0) is 49.6 Å². The minimum atomic E-state index is -4.83. The number of alkyl halides is 3. The SMILES string of the molecule is C[C@@H]1[C@H](c2c(F)ccc(F)c2F)C[C@H](NC(=O)c2cnc3c(c2)C[C@]2(CNc4ncccc42)C3)C(=O)N1CC(F)(F)F.Cl.Cl. The summed E-state index contributed by atoms with van der Waals surface area (Å²) in [6, 6.07) is 3.82. The lowest BCUT2D eigenvalue weighted by atomic mass is 9.80. The van der Waals surface area contributed by atoms with Crippen LogP contribution in [0.2, 0.25) is 0 Å². The molecular formula is C29H27Cl2F6N5O2. The Hall–Kier alpha value is -3.58. The topological polar surface area (TPSA) is 87.2 Å². The van der Waals surface area contributed by atoms with Crippen LogP contribution >= 0.6 is 24.8 Å². The van der Waals surface area contributed by atoms with Crippen LogP contribution in [0.3, 0.4) is 0 Å². The zero-order chi connectivity index (χ0) is 30.0. The van der Waals surface area contributed by atoms with Crippen molar-refractivity contribution in [1.29, 1.82) is 0 Å². The number of anilines is 1.